The molecule has 0 saturated heterocycles. The van der Waals surface area contributed by atoms with Gasteiger partial charge in [-0.2, -0.15) is 0 Å². The number of hydrogen-bond donors (Lipinski definition) is 1. The van der Waals surface area contributed by atoms with Gasteiger partial charge >= 0.3 is 0 Å². The molecule has 0 aliphatic rings. The van der Waals surface area contributed by atoms with Crippen LogP contribution < -0.4 is 5.32 Å². The fourth-order valence-electron chi connectivity index (χ4n) is 4.52. The lowest BCUT2D eigenvalue weighted by Gasteiger charge is -2.33. The summed E-state index contributed by atoms with van der Waals surface area (Å²) in [7, 11) is 0. The minimum atomic E-state index is -0.244. The first-order valence-electron chi connectivity index (χ1n) is 17.5. The molecule has 0 heterocycles. The average molecular weight is 626 g/mol. The Hall–Kier alpha value is -2.35. The fourth-order valence-corrected chi connectivity index (χ4v) is 4.52. The molecular weight excluding hydrogens is 549 g/mol. The van der Waals surface area contributed by atoms with Crippen molar-refractivity contribution in [2.24, 2.45) is 23.2 Å². The van der Waals surface area contributed by atoms with Crippen LogP contribution in [0, 0.1) is 37.0 Å². The lowest BCUT2D eigenvalue weighted by molar-refractivity contribution is 0.271. The number of hydrogen-bond acceptors (Lipinski definition) is 1. The molecule has 260 valence electrons. The summed E-state index contributed by atoms with van der Waals surface area (Å²) < 4.78 is 13.5. The Bertz CT molecular complexity index is 1060. The highest BCUT2D eigenvalue weighted by Gasteiger charge is 2.24. The van der Waals surface area contributed by atoms with E-state index in [4.69, 9.17) is 0 Å². The molecule has 45 heavy (non-hydrogen) atoms. The summed E-state index contributed by atoms with van der Waals surface area (Å²) in [5.41, 5.74) is 9.11. The van der Waals surface area contributed by atoms with Crippen molar-refractivity contribution < 1.29 is 4.39 Å². The van der Waals surface area contributed by atoms with Crippen molar-refractivity contribution in [2.75, 3.05) is 0 Å². The van der Waals surface area contributed by atoms with Gasteiger partial charge in [-0.15, -0.1) is 0 Å². The largest absolute Gasteiger partial charge is 0.386 e. The van der Waals surface area contributed by atoms with Crippen molar-refractivity contribution in [2.45, 2.75) is 156 Å². The third-order valence-electron chi connectivity index (χ3n) is 7.98. The fraction of sp³-hybridized carbons (Fsp3) is 0.628. The van der Waals surface area contributed by atoms with E-state index in [1.54, 1.807) is 0 Å². The molecule has 2 unspecified atom stereocenters. The maximum absolute atomic E-state index is 13.5. The Morgan fingerprint density at radius 2 is 1.42 bits per heavy atom. The normalized spacial score (nSPS) is 13.0. The number of benzene rings is 1. The molecule has 2 heteroatoms. The molecule has 3 atom stereocenters. The third-order valence-corrected chi connectivity index (χ3v) is 7.98. The van der Waals surface area contributed by atoms with Crippen LogP contribution in [0.25, 0.3) is 0 Å². The summed E-state index contributed by atoms with van der Waals surface area (Å²) in [5, 5.41) is 3.60. The molecule has 0 amide bonds. The van der Waals surface area contributed by atoms with E-state index in [1.165, 1.54) is 54.1 Å². The smallest absolute Gasteiger partial charge is 0.126 e. The van der Waals surface area contributed by atoms with Crippen LogP contribution in [-0.4, -0.2) is 6.04 Å². The van der Waals surface area contributed by atoms with Gasteiger partial charge in [-0.25, -0.2) is 4.39 Å². The molecule has 0 fully saturated rings. The minimum absolute atomic E-state index is 0.244. The SMILES string of the molecule is C=C(C)C(/C=C(/F)C(=C)CC)=C(C)C.C=C(N[C@@H](C)C(C)CC(C)C)C(C)C(C)(C)C.CCC.CCCc1ccc(C)cc1C. The van der Waals surface area contributed by atoms with E-state index < -0.39 is 0 Å². The Labute approximate surface area is 282 Å². The molecule has 0 bridgehead atoms. The van der Waals surface area contributed by atoms with Crippen LogP contribution in [0.15, 0.2) is 77.8 Å². The van der Waals surface area contributed by atoms with E-state index in [2.05, 4.69) is 133 Å². The standard InChI is InChI=1S/C16H33N.C13H19F.C11H16.C3H8/c1-11(2)10-12(3)14(5)17-15(6)13(4)16(7,8)9;1-7-11(6)13(14)8-12(9(2)3)10(4)5;1-4-5-11-7-6-9(2)8-10(11)3;1-3-2/h11-14,17H,6,10H2,1-5,7-9H3;8H,2,6-7H2,1,3-5H3;6-8H,4-5H2,1-3H3;3H2,1-2H3/b;13-8+;;/t12?,13?,14-;;;/m0.../s1. The Balaban J connectivity index is -0.000000572. The van der Waals surface area contributed by atoms with Crippen LogP contribution in [-0.2, 0) is 6.42 Å². The number of rotatable bonds is 12. The van der Waals surface area contributed by atoms with Gasteiger partial charge in [0, 0.05) is 17.7 Å². The highest BCUT2D eigenvalue weighted by atomic mass is 19.1. The number of allylic oxidation sites excluding steroid dienone is 7. The molecule has 1 rings (SSSR count). The topological polar surface area (TPSA) is 12.0 Å². The molecule has 1 N–H and O–H groups in total. The first kappa shape index (κ1) is 47.1. The van der Waals surface area contributed by atoms with Gasteiger partial charge in [0.1, 0.15) is 5.83 Å². The van der Waals surface area contributed by atoms with Gasteiger partial charge < -0.3 is 5.32 Å². The molecule has 1 nitrogen and oxygen atoms in total. The lowest BCUT2D eigenvalue weighted by Crippen LogP contribution is -2.36. The molecule has 0 aliphatic heterocycles. The van der Waals surface area contributed by atoms with E-state index in [1.807, 2.05) is 27.7 Å². The highest BCUT2D eigenvalue weighted by molar-refractivity contribution is 5.43. The monoisotopic (exact) mass is 626 g/mol. The number of halogens is 1. The van der Waals surface area contributed by atoms with Gasteiger partial charge in [-0.3, -0.25) is 0 Å². The van der Waals surface area contributed by atoms with Crippen LogP contribution in [0.2, 0.25) is 0 Å². The second kappa shape index (κ2) is 24.8. The molecule has 1 aromatic rings. The third kappa shape index (κ3) is 22.7. The van der Waals surface area contributed by atoms with E-state index in [9.17, 15) is 4.39 Å². The first-order valence-corrected chi connectivity index (χ1v) is 17.5. The summed E-state index contributed by atoms with van der Waals surface area (Å²) in [6.07, 6.45) is 7.12. The zero-order valence-corrected chi connectivity index (χ0v) is 33.2. The molecule has 0 aromatic heterocycles. The highest BCUT2D eigenvalue weighted by Crippen LogP contribution is 2.30. The van der Waals surface area contributed by atoms with Gasteiger partial charge in [0.15, 0.2) is 0 Å². The minimum Gasteiger partial charge on any atom is -0.386 e. The quantitative estimate of drug-likeness (QED) is 0.228. The maximum Gasteiger partial charge on any atom is 0.126 e. The summed E-state index contributed by atoms with van der Waals surface area (Å²) in [6, 6.07) is 7.20. The van der Waals surface area contributed by atoms with Gasteiger partial charge in [-0.1, -0.05) is 144 Å². The van der Waals surface area contributed by atoms with E-state index in [0.29, 0.717) is 29.9 Å². The second-order valence-electron chi connectivity index (χ2n) is 14.7. The predicted octanol–water partition coefficient (Wildman–Crippen LogP) is 14.2. The number of aryl methyl sites for hydroxylation is 3. The molecule has 0 radical (unpaired) electrons. The van der Waals surface area contributed by atoms with Gasteiger partial charge in [-0.05, 0) is 106 Å². The van der Waals surface area contributed by atoms with Crippen LogP contribution in [0.4, 0.5) is 4.39 Å². The lowest BCUT2D eigenvalue weighted by atomic mass is 9.80. The summed E-state index contributed by atoms with van der Waals surface area (Å²) in [5.74, 6) is 1.71. The van der Waals surface area contributed by atoms with Crippen molar-refractivity contribution in [1.29, 1.82) is 0 Å². The number of nitrogens with one attached hydrogen (secondary N) is 1. The van der Waals surface area contributed by atoms with E-state index in [0.717, 1.165) is 22.6 Å². The van der Waals surface area contributed by atoms with Crippen LogP contribution in [0.3, 0.4) is 0 Å². The summed E-state index contributed by atoms with van der Waals surface area (Å²) >= 11 is 0. The maximum atomic E-state index is 13.5. The molecule has 0 spiro atoms. The van der Waals surface area contributed by atoms with Crippen molar-refractivity contribution in [3.8, 4) is 0 Å². The van der Waals surface area contributed by atoms with E-state index in [-0.39, 0.29) is 11.2 Å². The van der Waals surface area contributed by atoms with E-state index >= 15 is 0 Å². The second-order valence-corrected chi connectivity index (χ2v) is 14.7. The van der Waals surface area contributed by atoms with Crippen molar-refractivity contribution in [3.63, 3.8) is 0 Å². The van der Waals surface area contributed by atoms with Gasteiger partial charge in [0.2, 0.25) is 0 Å². The van der Waals surface area contributed by atoms with Crippen LogP contribution in [0.5, 0.6) is 0 Å². The molecule has 0 aliphatic carbocycles. The Morgan fingerprint density at radius 1 is 0.911 bits per heavy atom. The molecule has 0 saturated carbocycles. The predicted molar refractivity (Wildman–Crippen MR) is 207 cm³/mol. The zero-order chi connectivity index (χ0) is 36.1. The van der Waals surface area contributed by atoms with Gasteiger partial charge in [0.05, 0.1) is 0 Å². The Morgan fingerprint density at radius 3 is 1.78 bits per heavy atom. The first-order chi connectivity index (χ1) is 20.6. The molecular formula is C43H76FN. The van der Waals surface area contributed by atoms with Crippen LogP contribution in [0.1, 0.15) is 146 Å². The van der Waals surface area contributed by atoms with Gasteiger partial charge in [0.25, 0.3) is 0 Å². The van der Waals surface area contributed by atoms with Crippen LogP contribution >= 0.6 is 0 Å². The average Bonchev–Trinajstić information content (AvgIpc) is 2.92. The van der Waals surface area contributed by atoms with Crippen molar-refractivity contribution in [3.05, 3.63) is 94.5 Å². The summed E-state index contributed by atoms with van der Waals surface area (Å²) in [4.78, 5) is 0. The van der Waals surface area contributed by atoms with Crippen molar-refractivity contribution >= 4 is 0 Å². The summed E-state index contributed by atoms with van der Waals surface area (Å²) in [6.45, 7) is 48.4. The molecule has 1 aromatic carbocycles. The Kier molecular flexibility index (Phi) is 26.0. The zero-order valence-electron chi connectivity index (χ0n) is 33.2. The van der Waals surface area contributed by atoms with Crippen molar-refractivity contribution in [1.82, 2.24) is 5.32 Å².